The van der Waals surface area contributed by atoms with Crippen molar-refractivity contribution in [3.8, 4) is 0 Å². The minimum absolute atomic E-state index is 0.0729. The van der Waals surface area contributed by atoms with E-state index in [1.807, 2.05) is 0 Å². The first-order chi connectivity index (χ1) is 13.8. The summed E-state index contributed by atoms with van der Waals surface area (Å²) in [7, 11) is 0. The molecular formula is C19H29N3O7S. The molecule has 1 rings (SSSR count). The van der Waals surface area contributed by atoms with Crippen LogP contribution >= 0.6 is 12.2 Å². The molecule has 0 bridgehead atoms. The summed E-state index contributed by atoms with van der Waals surface area (Å²) in [6.07, 6.45) is -0.147. The minimum Gasteiger partial charge on any atom is -0.463 e. The fourth-order valence-corrected chi connectivity index (χ4v) is 3.03. The van der Waals surface area contributed by atoms with E-state index in [9.17, 15) is 19.2 Å². The van der Waals surface area contributed by atoms with Crippen LogP contribution in [-0.4, -0.2) is 59.4 Å². The lowest BCUT2D eigenvalue weighted by molar-refractivity contribution is -0.147. The molecule has 168 valence electrons. The normalized spacial score (nSPS) is 20.9. The smallest absolute Gasteiger partial charge is 0.413 e. The lowest BCUT2D eigenvalue weighted by Gasteiger charge is -2.37. The van der Waals surface area contributed by atoms with E-state index < -0.39 is 41.8 Å². The van der Waals surface area contributed by atoms with E-state index in [-0.39, 0.29) is 29.6 Å². The summed E-state index contributed by atoms with van der Waals surface area (Å²) >= 11 is 5.17. The van der Waals surface area contributed by atoms with Crippen LogP contribution < -0.4 is 16.0 Å². The Bertz CT molecular complexity index is 730. The molecule has 30 heavy (non-hydrogen) atoms. The maximum Gasteiger partial charge on any atom is 0.413 e. The van der Waals surface area contributed by atoms with Crippen molar-refractivity contribution in [2.24, 2.45) is 0 Å². The molecule has 10 nitrogen and oxygen atoms in total. The van der Waals surface area contributed by atoms with Crippen LogP contribution in [0.4, 0.5) is 4.79 Å². The molecule has 0 spiro atoms. The van der Waals surface area contributed by atoms with Crippen molar-refractivity contribution in [3.05, 3.63) is 11.6 Å². The third kappa shape index (κ3) is 8.76. The minimum atomic E-state index is -0.943. The molecule has 0 aliphatic heterocycles. The van der Waals surface area contributed by atoms with Crippen LogP contribution in [0.25, 0.3) is 0 Å². The molecule has 0 aromatic carbocycles. The summed E-state index contributed by atoms with van der Waals surface area (Å²) in [6.45, 7) is 9.48. The molecule has 0 saturated heterocycles. The number of carbonyl (C=O) groups excluding carboxylic acids is 4. The third-order valence-electron chi connectivity index (χ3n) is 3.73. The van der Waals surface area contributed by atoms with Crippen LogP contribution in [0.1, 0.15) is 48.0 Å². The number of amides is 2. The number of thiocarbonyl (C=S) groups is 1. The van der Waals surface area contributed by atoms with Crippen LogP contribution in [0.3, 0.4) is 0 Å². The number of ether oxygens (including phenoxy) is 3. The van der Waals surface area contributed by atoms with E-state index >= 15 is 0 Å². The van der Waals surface area contributed by atoms with Gasteiger partial charge in [-0.05, 0) is 46.0 Å². The van der Waals surface area contributed by atoms with Crippen molar-refractivity contribution in [2.75, 3.05) is 6.61 Å². The Balaban J connectivity index is 3.08. The van der Waals surface area contributed by atoms with Gasteiger partial charge in [-0.1, -0.05) is 0 Å². The fraction of sp³-hybridized carbons (Fsp3) is 0.632. The predicted molar refractivity (Wildman–Crippen MR) is 111 cm³/mol. The van der Waals surface area contributed by atoms with Gasteiger partial charge in [0.1, 0.15) is 11.7 Å². The molecule has 2 amide bonds. The molecule has 3 atom stereocenters. The van der Waals surface area contributed by atoms with Gasteiger partial charge >= 0.3 is 18.0 Å². The second-order valence-corrected chi connectivity index (χ2v) is 8.03. The highest BCUT2D eigenvalue weighted by Crippen LogP contribution is 2.23. The lowest BCUT2D eigenvalue weighted by atomic mass is 9.87. The van der Waals surface area contributed by atoms with Crippen molar-refractivity contribution >= 4 is 41.3 Å². The van der Waals surface area contributed by atoms with E-state index in [0.29, 0.717) is 0 Å². The first kappa shape index (κ1) is 25.3. The van der Waals surface area contributed by atoms with Gasteiger partial charge in [-0.25, -0.2) is 9.59 Å². The summed E-state index contributed by atoms with van der Waals surface area (Å²) in [4.78, 5) is 47.5. The number of carbonyl (C=O) groups is 4. The molecule has 1 aliphatic carbocycles. The average Bonchev–Trinajstić information content (AvgIpc) is 2.54. The van der Waals surface area contributed by atoms with Crippen molar-refractivity contribution in [3.63, 3.8) is 0 Å². The molecule has 0 heterocycles. The average molecular weight is 444 g/mol. The van der Waals surface area contributed by atoms with Crippen LogP contribution in [0.5, 0.6) is 0 Å². The number of alkyl carbamates (subject to hydrolysis) is 1. The summed E-state index contributed by atoms with van der Waals surface area (Å²) < 4.78 is 15.5. The zero-order chi connectivity index (χ0) is 23.1. The van der Waals surface area contributed by atoms with E-state index in [1.165, 1.54) is 19.9 Å². The van der Waals surface area contributed by atoms with Gasteiger partial charge in [0, 0.05) is 25.8 Å². The van der Waals surface area contributed by atoms with Gasteiger partial charge in [0.2, 0.25) is 5.91 Å². The highest BCUT2D eigenvalue weighted by molar-refractivity contribution is 7.80. The Kier molecular flexibility index (Phi) is 9.22. The molecular weight excluding hydrogens is 414 g/mol. The van der Waals surface area contributed by atoms with Gasteiger partial charge in [-0.15, -0.1) is 0 Å². The van der Waals surface area contributed by atoms with Crippen LogP contribution in [-0.2, 0) is 28.6 Å². The molecule has 0 saturated carbocycles. The monoisotopic (exact) mass is 443 g/mol. The number of nitrogens with one attached hydrogen (secondary N) is 3. The van der Waals surface area contributed by atoms with E-state index in [2.05, 4.69) is 16.0 Å². The molecule has 1 aliphatic rings. The van der Waals surface area contributed by atoms with E-state index in [0.717, 1.165) is 0 Å². The molecule has 11 heteroatoms. The second kappa shape index (κ2) is 10.9. The van der Waals surface area contributed by atoms with Gasteiger partial charge in [0.05, 0.1) is 18.7 Å². The predicted octanol–water partition coefficient (Wildman–Crippen LogP) is 1.08. The Morgan fingerprint density at radius 2 is 1.80 bits per heavy atom. The topological polar surface area (TPSA) is 132 Å². The van der Waals surface area contributed by atoms with E-state index in [4.69, 9.17) is 26.4 Å². The number of rotatable bonds is 5. The molecule has 0 unspecified atom stereocenters. The van der Waals surface area contributed by atoms with E-state index in [1.54, 1.807) is 27.7 Å². The van der Waals surface area contributed by atoms with Gasteiger partial charge in [0.25, 0.3) is 0 Å². The van der Waals surface area contributed by atoms with Gasteiger partial charge in [-0.2, -0.15) is 0 Å². The third-order valence-corrected chi connectivity index (χ3v) is 3.95. The standard InChI is InChI=1S/C19H29N3O7S/c1-7-27-16(25)12-8-13(21-17(30)22-18(26)29-19(4,5)6)15(20-10(2)23)14(9-12)28-11(3)24/h9,13-15H,7-8H2,1-6H3,(H,20,23)(H2,21,22,26,30)/t13-,14+,15+/m0/s1. The Hall–Kier alpha value is -2.69. The van der Waals surface area contributed by atoms with Crippen LogP contribution in [0, 0.1) is 0 Å². The van der Waals surface area contributed by atoms with Gasteiger partial charge in [0.15, 0.2) is 5.11 Å². The summed E-state index contributed by atoms with van der Waals surface area (Å²) in [5.74, 6) is -1.54. The first-order valence-corrected chi connectivity index (χ1v) is 9.85. The number of esters is 2. The van der Waals surface area contributed by atoms with Gasteiger partial charge < -0.3 is 24.8 Å². The number of hydrogen-bond donors (Lipinski definition) is 3. The molecule has 3 N–H and O–H groups in total. The Labute approximate surface area is 181 Å². The van der Waals surface area contributed by atoms with Crippen LogP contribution in [0.15, 0.2) is 11.6 Å². The molecule has 0 aromatic heterocycles. The molecule has 0 radical (unpaired) electrons. The Morgan fingerprint density at radius 1 is 1.17 bits per heavy atom. The quantitative estimate of drug-likeness (QED) is 0.324. The Morgan fingerprint density at radius 3 is 2.30 bits per heavy atom. The maximum absolute atomic E-state index is 12.3. The van der Waals surface area contributed by atoms with Crippen molar-refractivity contribution in [1.82, 2.24) is 16.0 Å². The zero-order valence-corrected chi connectivity index (χ0v) is 18.8. The SMILES string of the molecule is CCOC(=O)C1=C[C@@H](OC(C)=O)[C@H](NC(C)=O)[C@@H](NC(=S)NC(=O)OC(C)(C)C)C1. The summed E-state index contributed by atoms with van der Waals surface area (Å²) in [6, 6.07) is -1.42. The van der Waals surface area contributed by atoms with Gasteiger partial charge in [-0.3, -0.25) is 14.9 Å². The lowest BCUT2D eigenvalue weighted by Crippen LogP contribution is -2.61. The highest BCUT2D eigenvalue weighted by atomic mass is 32.1. The fourth-order valence-electron chi connectivity index (χ4n) is 2.80. The molecule has 0 fully saturated rings. The zero-order valence-electron chi connectivity index (χ0n) is 18.0. The summed E-state index contributed by atoms with van der Waals surface area (Å²) in [5, 5.41) is 7.90. The largest absolute Gasteiger partial charge is 0.463 e. The van der Waals surface area contributed by atoms with Crippen molar-refractivity contribution in [1.29, 1.82) is 0 Å². The first-order valence-electron chi connectivity index (χ1n) is 9.45. The summed E-state index contributed by atoms with van der Waals surface area (Å²) in [5.41, 5.74) is -0.467. The van der Waals surface area contributed by atoms with Crippen LogP contribution in [0.2, 0.25) is 0 Å². The number of hydrogen-bond acceptors (Lipinski definition) is 8. The van der Waals surface area contributed by atoms with Crippen molar-refractivity contribution in [2.45, 2.75) is 71.8 Å². The highest BCUT2D eigenvalue weighted by Gasteiger charge is 2.38. The molecule has 0 aromatic rings. The van der Waals surface area contributed by atoms with Crippen molar-refractivity contribution < 1.29 is 33.4 Å². The second-order valence-electron chi connectivity index (χ2n) is 7.62. The maximum atomic E-state index is 12.3.